The van der Waals surface area contributed by atoms with E-state index in [1.54, 1.807) is 10.5 Å². The molecule has 4 heterocycles. The second-order valence-corrected chi connectivity index (χ2v) is 8.44. The van der Waals surface area contributed by atoms with E-state index in [0.29, 0.717) is 23.7 Å². The van der Waals surface area contributed by atoms with Crippen molar-refractivity contribution >= 4 is 22.6 Å². The molecule has 4 rings (SSSR count). The molecule has 0 fully saturated rings. The van der Waals surface area contributed by atoms with Gasteiger partial charge in [-0.1, -0.05) is 33.8 Å². The summed E-state index contributed by atoms with van der Waals surface area (Å²) in [6.45, 7) is 8.30. The van der Waals surface area contributed by atoms with Crippen LogP contribution in [0.4, 0.5) is 0 Å². The number of hydrogen-bond acceptors (Lipinski definition) is 6. The molecule has 0 aromatic carbocycles. The van der Waals surface area contributed by atoms with Crippen LogP contribution in [0.5, 0.6) is 0 Å². The van der Waals surface area contributed by atoms with Gasteiger partial charge in [0, 0.05) is 18.4 Å². The molecule has 0 unspecified atom stereocenters. The molecule has 2 N–H and O–H groups in total. The highest BCUT2D eigenvalue weighted by atomic mass is 16.2. The third kappa shape index (κ3) is 3.91. The zero-order valence-electron chi connectivity index (χ0n) is 18.4. The van der Waals surface area contributed by atoms with Gasteiger partial charge in [0.2, 0.25) is 0 Å². The van der Waals surface area contributed by atoms with Crippen LogP contribution in [0.15, 0.2) is 40.1 Å². The van der Waals surface area contributed by atoms with Gasteiger partial charge >= 0.3 is 5.69 Å². The van der Waals surface area contributed by atoms with E-state index < -0.39 is 17.2 Å². The van der Waals surface area contributed by atoms with Gasteiger partial charge in [-0.25, -0.2) is 9.78 Å². The molecular formula is C22H25N7O3. The minimum Gasteiger partial charge on any atom is -0.345 e. The molecule has 32 heavy (non-hydrogen) atoms. The smallest absolute Gasteiger partial charge is 0.330 e. The fourth-order valence-corrected chi connectivity index (χ4v) is 3.57. The maximum absolute atomic E-state index is 13.2. The van der Waals surface area contributed by atoms with Crippen molar-refractivity contribution in [1.29, 1.82) is 0 Å². The highest BCUT2D eigenvalue weighted by Gasteiger charge is 2.21. The Morgan fingerprint density at radius 1 is 1.16 bits per heavy atom. The average Bonchev–Trinajstić information content (AvgIpc) is 3.17. The van der Waals surface area contributed by atoms with Crippen molar-refractivity contribution in [3.8, 4) is 0 Å². The van der Waals surface area contributed by atoms with Crippen LogP contribution in [0.2, 0.25) is 0 Å². The Hall–Kier alpha value is -3.82. The van der Waals surface area contributed by atoms with Crippen molar-refractivity contribution in [2.75, 3.05) is 0 Å². The fourth-order valence-electron chi connectivity index (χ4n) is 3.57. The van der Waals surface area contributed by atoms with Gasteiger partial charge in [0.1, 0.15) is 0 Å². The van der Waals surface area contributed by atoms with Gasteiger partial charge in [-0.3, -0.25) is 23.5 Å². The maximum atomic E-state index is 13.2. The molecule has 4 aromatic heterocycles. The minimum absolute atomic E-state index is 0.00622. The number of pyridine rings is 2. The molecule has 0 bridgehead atoms. The number of fused-ring (bicyclic) bond motifs is 2. The van der Waals surface area contributed by atoms with E-state index in [1.807, 2.05) is 52.1 Å². The van der Waals surface area contributed by atoms with Crippen LogP contribution in [0.3, 0.4) is 0 Å². The predicted molar refractivity (Wildman–Crippen MR) is 120 cm³/mol. The molecular weight excluding hydrogens is 410 g/mol. The topological polar surface area (TPSA) is 127 Å². The minimum atomic E-state index is -0.633. The molecule has 166 valence electrons. The quantitative estimate of drug-likeness (QED) is 0.476. The monoisotopic (exact) mass is 435 g/mol. The summed E-state index contributed by atoms with van der Waals surface area (Å²) < 4.78 is 3.20. The molecule has 0 saturated heterocycles. The van der Waals surface area contributed by atoms with E-state index in [4.69, 9.17) is 0 Å². The van der Waals surface area contributed by atoms with Crippen molar-refractivity contribution < 1.29 is 4.79 Å². The van der Waals surface area contributed by atoms with Gasteiger partial charge in [-0.15, -0.1) is 10.2 Å². The Morgan fingerprint density at radius 3 is 2.66 bits per heavy atom. The van der Waals surface area contributed by atoms with E-state index in [2.05, 4.69) is 25.5 Å². The lowest BCUT2D eigenvalue weighted by Gasteiger charge is -2.15. The SMILES string of the molecule is CC(C)Cn1c(=O)[nH]c(=O)c2c(C(=O)NCc3nnc4ccccn34)cc(C(C)C)nc21. The highest BCUT2D eigenvalue weighted by Crippen LogP contribution is 2.20. The molecule has 0 aliphatic carbocycles. The molecule has 0 aliphatic rings. The number of hydrogen-bond donors (Lipinski definition) is 2. The van der Waals surface area contributed by atoms with Crippen molar-refractivity contribution in [3.05, 3.63) is 68.4 Å². The molecule has 0 radical (unpaired) electrons. The normalized spacial score (nSPS) is 11.7. The molecule has 10 heteroatoms. The fraction of sp³-hybridized carbons (Fsp3) is 0.364. The standard InChI is InChI=1S/C22H25N7O3/c1-12(2)11-29-19-18(21(31)25-22(29)32)14(9-15(24-19)13(3)4)20(30)23-10-17-27-26-16-7-5-6-8-28(16)17/h5-9,12-13H,10-11H2,1-4H3,(H,23,30)(H,25,31,32). The molecule has 10 nitrogen and oxygen atoms in total. The van der Waals surface area contributed by atoms with Crippen LogP contribution in [0.1, 0.15) is 55.5 Å². The molecule has 4 aromatic rings. The zero-order valence-corrected chi connectivity index (χ0v) is 18.4. The molecule has 0 atom stereocenters. The summed E-state index contributed by atoms with van der Waals surface area (Å²) in [5.74, 6) is 0.243. The summed E-state index contributed by atoms with van der Waals surface area (Å²) in [6, 6.07) is 7.13. The van der Waals surface area contributed by atoms with Crippen molar-refractivity contribution in [2.24, 2.45) is 5.92 Å². The summed E-state index contributed by atoms with van der Waals surface area (Å²) in [4.78, 5) is 45.4. The molecule has 0 aliphatic heterocycles. The largest absolute Gasteiger partial charge is 0.345 e. The van der Waals surface area contributed by atoms with Crippen molar-refractivity contribution in [3.63, 3.8) is 0 Å². The summed E-state index contributed by atoms with van der Waals surface area (Å²) in [7, 11) is 0. The number of aromatic nitrogens is 6. The van der Waals surface area contributed by atoms with Gasteiger partial charge < -0.3 is 5.32 Å². The summed E-state index contributed by atoms with van der Waals surface area (Å²) in [5.41, 5.74) is 0.514. The maximum Gasteiger partial charge on any atom is 0.330 e. The van der Waals surface area contributed by atoms with E-state index in [0.717, 1.165) is 0 Å². The van der Waals surface area contributed by atoms with E-state index in [-0.39, 0.29) is 35.0 Å². The summed E-state index contributed by atoms with van der Waals surface area (Å²) in [6.07, 6.45) is 1.81. The van der Waals surface area contributed by atoms with Crippen LogP contribution in [-0.2, 0) is 13.1 Å². The second kappa shape index (κ2) is 8.37. The molecule has 1 amide bonds. The van der Waals surface area contributed by atoms with Gasteiger partial charge in [0.15, 0.2) is 17.1 Å². The number of nitrogens with one attached hydrogen (secondary N) is 2. The summed E-state index contributed by atoms with van der Waals surface area (Å²) >= 11 is 0. The predicted octanol–water partition coefficient (Wildman–Crippen LogP) is 1.84. The number of aromatic amines is 1. The van der Waals surface area contributed by atoms with Crippen LogP contribution in [-0.4, -0.2) is 35.0 Å². The first-order chi connectivity index (χ1) is 15.3. The van der Waals surface area contributed by atoms with Gasteiger partial charge in [0.25, 0.3) is 11.5 Å². The third-order valence-corrected chi connectivity index (χ3v) is 5.14. The lowest BCUT2D eigenvalue weighted by atomic mass is 10.0. The van der Waals surface area contributed by atoms with Crippen LogP contribution < -0.4 is 16.6 Å². The van der Waals surface area contributed by atoms with E-state index >= 15 is 0 Å². The first-order valence-corrected chi connectivity index (χ1v) is 10.5. The van der Waals surface area contributed by atoms with Crippen molar-refractivity contribution in [2.45, 2.75) is 46.7 Å². The summed E-state index contributed by atoms with van der Waals surface area (Å²) in [5, 5.41) is 11.1. The van der Waals surface area contributed by atoms with Gasteiger partial charge in [-0.2, -0.15) is 0 Å². The first-order valence-electron chi connectivity index (χ1n) is 10.5. The lowest BCUT2D eigenvalue weighted by molar-refractivity contribution is 0.0951. The Kier molecular flexibility index (Phi) is 5.60. The Balaban J connectivity index is 1.80. The third-order valence-electron chi connectivity index (χ3n) is 5.14. The van der Waals surface area contributed by atoms with Crippen LogP contribution in [0, 0.1) is 5.92 Å². The van der Waals surface area contributed by atoms with Crippen LogP contribution >= 0.6 is 0 Å². The van der Waals surface area contributed by atoms with Crippen LogP contribution in [0.25, 0.3) is 16.7 Å². The van der Waals surface area contributed by atoms with Crippen molar-refractivity contribution in [1.82, 2.24) is 34.4 Å². The molecule has 0 spiro atoms. The second-order valence-electron chi connectivity index (χ2n) is 8.44. The van der Waals surface area contributed by atoms with E-state index in [9.17, 15) is 14.4 Å². The van der Waals surface area contributed by atoms with E-state index in [1.165, 1.54) is 4.57 Å². The number of carbonyl (C=O) groups is 1. The first kappa shape index (κ1) is 21.4. The Morgan fingerprint density at radius 2 is 1.94 bits per heavy atom. The Labute approximate surface area is 183 Å². The number of nitrogens with zero attached hydrogens (tertiary/aromatic N) is 5. The van der Waals surface area contributed by atoms with Gasteiger partial charge in [0.05, 0.1) is 17.5 Å². The molecule has 0 saturated carbocycles. The zero-order chi connectivity index (χ0) is 23.0. The number of amides is 1. The number of carbonyl (C=O) groups excluding carboxylic acids is 1. The number of rotatable bonds is 6. The average molecular weight is 435 g/mol. The highest BCUT2D eigenvalue weighted by molar-refractivity contribution is 6.05. The lowest BCUT2D eigenvalue weighted by Crippen LogP contribution is -2.34. The van der Waals surface area contributed by atoms with Gasteiger partial charge in [-0.05, 0) is 30.0 Å². The Bertz CT molecular complexity index is 1430. The number of H-pyrrole nitrogens is 1.